The third-order valence-electron chi connectivity index (χ3n) is 7.90. The lowest BCUT2D eigenvalue weighted by atomic mass is 9.89. The number of nitrogens with one attached hydrogen (secondary N) is 1. The Morgan fingerprint density at radius 1 is 1.10 bits per heavy atom. The molecule has 0 saturated carbocycles. The zero-order chi connectivity index (χ0) is 28.4. The first kappa shape index (κ1) is 27.9. The molecule has 2 aliphatic rings. The number of benzene rings is 2. The topological polar surface area (TPSA) is 113 Å². The standard InChI is InChI=1S/C31H34ClN3O5/c1-18-13-21-6-9-22(32)14-25(21)26-16-29(36)35(17-28(26)40-19(18)2)27(15-24-5-3-4-12-39-24)31(38)34-23-10-7-20(8-11-23)30(33)37/h6-11,14,16-19,24,27H,3-5,12-13,15H2,1-2H3,(H2,33,37)(H,34,38)/t18?,19?,24-,27-/m0/s1. The van der Waals surface area contributed by atoms with E-state index >= 15 is 0 Å². The summed E-state index contributed by atoms with van der Waals surface area (Å²) in [6.45, 7) is 4.77. The monoisotopic (exact) mass is 563 g/mol. The minimum Gasteiger partial charge on any atom is -0.488 e. The SMILES string of the molecule is CC1Cc2ccc(Cl)cc2-c2cc(=O)n([C@@H](C[C@@H]3CCCCO3)C(=O)Nc3ccc(C(N)=O)cc3)cc2OC1C. The van der Waals surface area contributed by atoms with Gasteiger partial charge in [-0.25, -0.2) is 0 Å². The summed E-state index contributed by atoms with van der Waals surface area (Å²) in [4.78, 5) is 38.9. The van der Waals surface area contributed by atoms with Crippen molar-refractivity contribution >= 4 is 29.1 Å². The highest BCUT2D eigenvalue weighted by Crippen LogP contribution is 2.38. The molecule has 2 aromatic carbocycles. The summed E-state index contributed by atoms with van der Waals surface area (Å²) in [6.07, 6.45) is 5.29. The van der Waals surface area contributed by atoms with E-state index in [2.05, 4.69) is 12.2 Å². The van der Waals surface area contributed by atoms with Gasteiger partial charge in [0.2, 0.25) is 11.8 Å². The molecule has 9 heteroatoms. The maximum absolute atomic E-state index is 13.7. The first-order valence-corrected chi connectivity index (χ1v) is 14.1. The number of aromatic nitrogens is 1. The molecular formula is C31H34ClN3O5. The van der Waals surface area contributed by atoms with Crippen molar-refractivity contribution in [2.24, 2.45) is 11.7 Å². The number of carbonyl (C=O) groups excluding carboxylic acids is 2. The number of halogens is 1. The number of carbonyl (C=O) groups is 2. The van der Waals surface area contributed by atoms with Crippen LogP contribution in [0.5, 0.6) is 5.75 Å². The molecule has 2 aliphatic heterocycles. The van der Waals surface area contributed by atoms with E-state index in [0.717, 1.165) is 36.8 Å². The first-order valence-electron chi connectivity index (χ1n) is 13.7. The molecule has 8 nitrogen and oxygen atoms in total. The van der Waals surface area contributed by atoms with Gasteiger partial charge < -0.3 is 20.5 Å². The Morgan fingerprint density at radius 2 is 1.88 bits per heavy atom. The molecule has 0 spiro atoms. The van der Waals surface area contributed by atoms with Crippen LogP contribution in [0.1, 0.15) is 61.5 Å². The highest BCUT2D eigenvalue weighted by atomic mass is 35.5. The molecule has 1 saturated heterocycles. The summed E-state index contributed by atoms with van der Waals surface area (Å²) < 4.78 is 13.8. The van der Waals surface area contributed by atoms with Crippen LogP contribution in [0, 0.1) is 5.92 Å². The van der Waals surface area contributed by atoms with Gasteiger partial charge in [0, 0.05) is 40.9 Å². The van der Waals surface area contributed by atoms with Gasteiger partial charge in [-0.3, -0.25) is 19.0 Å². The van der Waals surface area contributed by atoms with Crippen LogP contribution >= 0.6 is 11.6 Å². The van der Waals surface area contributed by atoms with Crippen LogP contribution in [-0.2, 0) is 16.0 Å². The second-order valence-corrected chi connectivity index (χ2v) is 11.2. The summed E-state index contributed by atoms with van der Waals surface area (Å²) in [7, 11) is 0. The van der Waals surface area contributed by atoms with Crippen LogP contribution in [0.3, 0.4) is 0 Å². The van der Waals surface area contributed by atoms with Crippen molar-refractivity contribution in [3.8, 4) is 16.9 Å². The summed E-state index contributed by atoms with van der Waals surface area (Å²) in [5.74, 6) is -0.176. The largest absolute Gasteiger partial charge is 0.488 e. The van der Waals surface area contributed by atoms with E-state index in [1.807, 2.05) is 25.1 Å². The molecule has 40 heavy (non-hydrogen) atoms. The fraction of sp³-hybridized carbons (Fsp3) is 0.387. The van der Waals surface area contributed by atoms with Gasteiger partial charge >= 0.3 is 0 Å². The molecule has 1 fully saturated rings. The van der Waals surface area contributed by atoms with Gasteiger partial charge in [-0.1, -0.05) is 24.6 Å². The lowest BCUT2D eigenvalue weighted by Crippen LogP contribution is -2.37. The minimum absolute atomic E-state index is 0.119. The van der Waals surface area contributed by atoms with E-state index in [9.17, 15) is 14.4 Å². The molecule has 0 aliphatic carbocycles. The molecule has 210 valence electrons. The highest BCUT2D eigenvalue weighted by molar-refractivity contribution is 6.30. The van der Waals surface area contributed by atoms with Crippen LogP contribution in [0.25, 0.3) is 11.1 Å². The molecule has 3 heterocycles. The van der Waals surface area contributed by atoms with E-state index in [1.54, 1.807) is 30.5 Å². The summed E-state index contributed by atoms with van der Waals surface area (Å²) in [5, 5.41) is 3.47. The number of anilines is 1. The normalized spacial score (nSPS) is 21.1. The predicted molar refractivity (Wildman–Crippen MR) is 155 cm³/mol. The molecule has 1 aromatic heterocycles. The maximum Gasteiger partial charge on any atom is 0.252 e. The van der Waals surface area contributed by atoms with Crippen molar-refractivity contribution < 1.29 is 19.1 Å². The average Bonchev–Trinajstić information content (AvgIpc) is 2.93. The van der Waals surface area contributed by atoms with Crippen LogP contribution in [0.4, 0.5) is 5.69 Å². The fourth-order valence-electron chi connectivity index (χ4n) is 5.42. The van der Waals surface area contributed by atoms with Crippen molar-refractivity contribution in [3.05, 3.63) is 81.2 Å². The number of nitrogens with zero attached hydrogens (tertiary/aromatic N) is 1. The van der Waals surface area contributed by atoms with Crippen molar-refractivity contribution in [1.29, 1.82) is 0 Å². The molecule has 2 unspecified atom stereocenters. The Hall–Kier alpha value is -3.62. The van der Waals surface area contributed by atoms with E-state index in [-0.39, 0.29) is 29.6 Å². The van der Waals surface area contributed by atoms with Crippen molar-refractivity contribution in [2.75, 3.05) is 11.9 Å². The van der Waals surface area contributed by atoms with Crippen LogP contribution < -0.4 is 21.3 Å². The Bertz CT molecular complexity index is 1460. The number of hydrogen-bond donors (Lipinski definition) is 2. The second kappa shape index (κ2) is 11.9. The van der Waals surface area contributed by atoms with E-state index in [4.69, 9.17) is 26.8 Å². The smallest absolute Gasteiger partial charge is 0.252 e. The maximum atomic E-state index is 13.7. The Labute approximate surface area is 238 Å². The third-order valence-corrected chi connectivity index (χ3v) is 8.13. The number of ether oxygens (including phenoxy) is 2. The van der Waals surface area contributed by atoms with Gasteiger partial charge in [-0.15, -0.1) is 0 Å². The number of fused-ring (bicyclic) bond motifs is 3. The number of amides is 2. The Balaban J connectivity index is 1.55. The lowest BCUT2D eigenvalue weighted by Gasteiger charge is -2.30. The average molecular weight is 564 g/mol. The fourth-order valence-corrected chi connectivity index (χ4v) is 5.59. The quantitative estimate of drug-likeness (QED) is 0.419. The third kappa shape index (κ3) is 6.08. The minimum atomic E-state index is -0.850. The molecule has 3 aromatic rings. The lowest BCUT2D eigenvalue weighted by molar-refractivity contribution is -0.121. The van der Waals surface area contributed by atoms with Crippen LogP contribution in [0.2, 0.25) is 5.02 Å². The van der Waals surface area contributed by atoms with E-state index < -0.39 is 11.9 Å². The molecule has 0 bridgehead atoms. The molecule has 5 rings (SSSR count). The molecular weight excluding hydrogens is 530 g/mol. The van der Waals surface area contributed by atoms with E-state index in [0.29, 0.717) is 40.6 Å². The number of rotatable bonds is 6. The zero-order valence-electron chi connectivity index (χ0n) is 22.7. The van der Waals surface area contributed by atoms with Gasteiger partial charge in [0.05, 0.1) is 18.4 Å². The van der Waals surface area contributed by atoms with Gasteiger partial charge in [-0.2, -0.15) is 0 Å². The van der Waals surface area contributed by atoms with Crippen molar-refractivity contribution in [1.82, 2.24) is 4.57 Å². The summed E-state index contributed by atoms with van der Waals surface area (Å²) in [6, 6.07) is 12.7. The molecule has 3 N–H and O–H groups in total. The molecule has 2 amide bonds. The Kier molecular flexibility index (Phi) is 8.28. The Morgan fingerprint density at radius 3 is 2.58 bits per heavy atom. The number of primary amides is 1. The van der Waals surface area contributed by atoms with Gasteiger partial charge in [0.25, 0.3) is 5.56 Å². The van der Waals surface area contributed by atoms with Gasteiger partial charge in [0.1, 0.15) is 11.8 Å². The first-order chi connectivity index (χ1) is 19.2. The van der Waals surface area contributed by atoms with Crippen molar-refractivity contribution in [2.45, 2.75) is 64.2 Å². The van der Waals surface area contributed by atoms with Crippen LogP contribution in [-0.4, -0.2) is 35.2 Å². The van der Waals surface area contributed by atoms with Gasteiger partial charge in [-0.05, 0) is 86.1 Å². The zero-order valence-corrected chi connectivity index (χ0v) is 23.4. The summed E-state index contributed by atoms with van der Waals surface area (Å²) in [5.41, 5.74) is 8.46. The second-order valence-electron chi connectivity index (χ2n) is 10.8. The van der Waals surface area contributed by atoms with Crippen LogP contribution in [0.15, 0.2) is 59.5 Å². The molecule has 0 radical (unpaired) electrons. The number of pyridine rings is 1. The van der Waals surface area contributed by atoms with E-state index in [1.165, 1.54) is 10.6 Å². The highest BCUT2D eigenvalue weighted by Gasteiger charge is 2.30. The van der Waals surface area contributed by atoms with Gasteiger partial charge in [0.15, 0.2) is 0 Å². The summed E-state index contributed by atoms with van der Waals surface area (Å²) >= 11 is 6.36. The van der Waals surface area contributed by atoms with Crippen molar-refractivity contribution in [3.63, 3.8) is 0 Å². The molecule has 4 atom stereocenters. The predicted octanol–water partition coefficient (Wildman–Crippen LogP) is 5.37. The number of nitrogens with two attached hydrogens (primary N) is 1. The number of hydrogen-bond acceptors (Lipinski definition) is 5.